The lowest BCUT2D eigenvalue weighted by atomic mass is 9.73. The molecule has 0 N–H and O–H groups in total. The summed E-state index contributed by atoms with van der Waals surface area (Å²) in [4.78, 5) is 0. The Labute approximate surface area is 180 Å². The smallest absolute Gasteiger partial charge is 0.206 e. The third-order valence-corrected chi connectivity index (χ3v) is 7.17. The third kappa shape index (κ3) is 4.80. The number of aryl methyl sites for hydroxylation is 1. The van der Waals surface area contributed by atoms with Gasteiger partial charge in [-0.2, -0.15) is 13.2 Å². The Bertz CT molecular complexity index is 921. The predicted octanol–water partition coefficient (Wildman–Crippen LogP) is 7.63. The number of rotatable bonds is 5. The first-order valence-electron chi connectivity index (χ1n) is 11.4. The van der Waals surface area contributed by atoms with E-state index >= 15 is 0 Å². The highest BCUT2D eigenvalue weighted by Gasteiger charge is 2.38. The SMILES string of the molecule is CCCC1CCc2c(ccc3c2CCC(CCc2cc(F)c(C(F)(F)F)c(F)c2)C3)C1. The average molecular weight is 437 g/mol. The molecule has 2 atom stereocenters. The van der Waals surface area contributed by atoms with Crippen molar-refractivity contribution in [1.82, 2.24) is 0 Å². The first kappa shape index (κ1) is 22.3. The van der Waals surface area contributed by atoms with Gasteiger partial charge in [-0.05, 0) is 103 Å². The van der Waals surface area contributed by atoms with Crippen molar-refractivity contribution in [1.29, 1.82) is 0 Å². The van der Waals surface area contributed by atoms with Gasteiger partial charge in [0, 0.05) is 0 Å². The zero-order valence-corrected chi connectivity index (χ0v) is 17.9. The fourth-order valence-corrected chi connectivity index (χ4v) is 5.63. The Morgan fingerprint density at radius 1 is 0.839 bits per heavy atom. The van der Waals surface area contributed by atoms with Crippen LogP contribution in [-0.4, -0.2) is 0 Å². The van der Waals surface area contributed by atoms with Crippen molar-refractivity contribution in [2.24, 2.45) is 11.8 Å². The highest BCUT2D eigenvalue weighted by molar-refractivity contribution is 5.44. The Morgan fingerprint density at radius 2 is 1.35 bits per heavy atom. The van der Waals surface area contributed by atoms with Crippen LogP contribution in [0.3, 0.4) is 0 Å². The van der Waals surface area contributed by atoms with Crippen LogP contribution in [0.15, 0.2) is 24.3 Å². The van der Waals surface area contributed by atoms with Crippen LogP contribution in [0.1, 0.15) is 72.4 Å². The molecule has 2 aromatic rings. The van der Waals surface area contributed by atoms with Crippen molar-refractivity contribution in [3.8, 4) is 0 Å². The van der Waals surface area contributed by atoms with Crippen LogP contribution >= 0.6 is 0 Å². The first-order valence-corrected chi connectivity index (χ1v) is 11.4. The average Bonchev–Trinajstić information content (AvgIpc) is 2.70. The van der Waals surface area contributed by atoms with E-state index in [-0.39, 0.29) is 0 Å². The van der Waals surface area contributed by atoms with Gasteiger partial charge in [0.05, 0.1) is 0 Å². The molecule has 5 heteroatoms. The number of benzene rings is 2. The van der Waals surface area contributed by atoms with E-state index in [0.29, 0.717) is 17.9 Å². The minimum absolute atomic E-state index is 0.293. The Kier molecular flexibility index (Phi) is 6.41. The molecule has 4 rings (SSSR count). The minimum Gasteiger partial charge on any atom is -0.206 e. The molecule has 0 nitrogen and oxygen atoms in total. The maximum Gasteiger partial charge on any atom is 0.422 e. The summed E-state index contributed by atoms with van der Waals surface area (Å²) < 4.78 is 66.0. The summed E-state index contributed by atoms with van der Waals surface area (Å²) in [5, 5.41) is 0. The van der Waals surface area contributed by atoms with Crippen molar-refractivity contribution in [2.45, 2.75) is 77.3 Å². The molecule has 0 amide bonds. The summed E-state index contributed by atoms with van der Waals surface area (Å²) in [6.45, 7) is 2.25. The monoisotopic (exact) mass is 436 g/mol. The molecule has 2 aromatic carbocycles. The molecule has 2 aliphatic carbocycles. The second-order valence-corrected chi connectivity index (χ2v) is 9.32. The highest BCUT2D eigenvalue weighted by Crippen LogP contribution is 2.38. The van der Waals surface area contributed by atoms with E-state index < -0.39 is 23.4 Å². The molecule has 0 aromatic heterocycles. The van der Waals surface area contributed by atoms with Crippen molar-refractivity contribution in [2.75, 3.05) is 0 Å². The van der Waals surface area contributed by atoms with Gasteiger partial charge in [-0.25, -0.2) is 8.78 Å². The minimum atomic E-state index is -5.02. The molecule has 0 saturated carbocycles. The van der Waals surface area contributed by atoms with Crippen LogP contribution in [-0.2, 0) is 38.3 Å². The Morgan fingerprint density at radius 3 is 1.84 bits per heavy atom. The van der Waals surface area contributed by atoms with E-state index in [9.17, 15) is 22.0 Å². The van der Waals surface area contributed by atoms with Gasteiger partial charge in [-0.15, -0.1) is 0 Å². The number of hydrogen-bond acceptors (Lipinski definition) is 0. The fraction of sp³-hybridized carbons (Fsp3) is 0.538. The molecule has 2 aliphatic rings. The molecule has 0 aliphatic heterocycles. The molecule has 0 saturated heterocycles. The van der Waals surface area contributed by atoms with E-state index in [0.717, 1.165) is 50.2 Å². The summed E-state index contributed by atoms with van der Waals surface area (Å²) in [7, 11) is 0. The molecular formula is C26H29F5. The third-order valence-electron chi connectivity index (χ3n) is 7.17. The van der Waals surface area contributed by atoms with Crippen molar-refractivity contribution in [3.05, 3.63) is 69.3 Å². The van der Waals surface area contributed by atoms with E-state index in [4.69, 9.17) is 0 Å². The zero-order valence-electron chi connectivity index (χ0n) is 17.9. The Hall–Kier alpha value is -1.91. The van der Waals surface area contributed by atoms with Crippen molar-refractivity contribution < 1.29 is 22.0 Å². The summed E-state index contributed by atoms with van der Waals surface area (Å²) in [5.41, 5.74) is 4.45. The standard InChI is InChI=1S/C26H29F5/c1-2-3-16-6-10-21-19(12-16)8-9-20-13-17(7-11-22(20)21)4-5-18-14-23(27)25(24(28)15-18)26(29,30)31/h8-9,14-17H,2-7,10-13H2,1H3. The maximum absolute atomic E-state index is 13.8. The summed E-state index contributed by atoms with van der Waals surface area (Å²) >= 11 is 0. The molecule has 2 unspecified atom stereocenters. The normalized spacial score (nSPS) is 21.0. The first-order chi connectivity index (χ1) is 14.8. The predicted molar refractivity (Wildman–Crippen MR) is 112 cm³/mol. The molecule has 0 radical (unpaired) electrons. The van der Waals surface area contributed by atoms with Gasteiger partial charge in [-0.3, -0.25) is 0 Å². The number of fused-ring (bicyclic) bond motifs is 3. The summed E-state index contributed by atoms with van der Waals surface area (Å²) in [6.07, 6.45) is 5.22. The van der Waals surface area contributed by atoms with Gasteiger partial charge in [0.25, 0.3) is 0 Å². The molecular weight excluding hydrogens is 407 g/mol. The molecule has 31 heavy (non-hydrogen) atoms. The fourth-order valence-electron chi connectivity index (χ4n) is 5.63. The van der Waals surface area contributed by atoms with Crippen LogP contribution in [0.2, 0.25) is 0 Å². The second kappa shape index (κ2) is 8.91. The van der Waals surface area contributed by atoms with E-state index in [1.807, 2.05) is 0 Å². The number of hydrogen-bond donors (Lipinski definition) is 0. The van der Waals surface area contributed by atoms with Gasteiger partial charge in [-0.1, -0.05) is 31.9 Å². The number of alkyl halides is 3. The van der Waals surface area contributed by atoms with Gasteiger partial charge in [0.2, 0.25) is 0 Å². The van der Waals surface area contributed by atoms with Crippen molar-refractivity contribution >= 4 is 0 Å². The highest BCUT2D eigenvalue weighted by atomic mass is 19.4. The van der Waals surface area contributed by atoms with Crippen LogP contribution in [0, 0.1) is 23.5 Å². The zero-order chi connectivity index (χ0) is 22.2. The van der Waals surface area contributed by atoms with Crippen LogP contribution in [0.4, 0.5) is 22.0 Å². The maximum atomic E-state index is 13.8. The topological polar surface area (TPSA) is 0 Å². The summed E-state index contributed by atoms with van der Waals surface area (Å²) in [5.74, 6) is -1.86. The molecule has 0 fully saturated rings. The molecule has 168 valence electrons. The van der Waals surface area contributed by atoms with Crippen molar-refractivity contribution in [3.63, 3.8) is 0 Å². The van der Waals surface area contributed by atoms with Crippen LogP contribution < -0.4 is 0 Å². The van der Waals surface area contributed by atoms with Gasteiger partial charge in [0.1, 0.15) is 17.2 Å². The van der Waals surface area contributed by atoms with E-state index in [2.05, 4.69) is 19.1 Å². The largest absolute Gasteiger partial charge is 0.422 e. The van der Waals surface area contributed by atoms with Crippen LogP contribution in [0.5, 0.6) is 0 Å². The number of halogens is 5. The van der Waals surface area contributed by atoms with Gasteiger partial charge in [0.15, 0.2) is 0 Å². The second-order valence-electron chi connectivity index (χ2n) is 9.32. The van der Waals surface area contributed by atoms with E-state index in [1.54, 1.807) is 5.56 Å². The van der Waals surface area contributed by atoms with Gasteiger partial charge >= 0.3 is 6.18 Å². The lowest BCUT2D eigenvalue weighted by molar-refractivity contribution is -0.142. The van der Waals surface area contributed by atoms with Gasteiger partial charge < -0.3 is 0 Å². The lowest BCUT2D eigenvalue weighted by Crippen LogP contribution is -2.21. The molecule has 0 heterocycles. The Balaban J connectivity index is 1.42. The molecule has 0 spiro atoms. The molecule has 0 bridgehead atoms. The lowest BCUT2D eigenvalue weighted by Gasteiger charge is -2.32. The van der Waals surface area contributed by atoms with E-state index in [1.165, 1.54) is 42.4 Å². The summed E-state index contributed by atoms with van der Waals surface area (Å²) in [6, 6.07) is 6.22. The quantitative estimate of drug-likeness (QED) is 0.423. The van der Waals surface area contributed by atoms with Crippen LogP contribution in [0.25, 0.3) is 0 Å².